The second-order valence-corrected chi connectivity index (χ2v) is 4.65. The van der Waals surface area contributed by atoms with Crippen molar-refractivity contribution in [1.82, 2.24) is 14.8 Å². The Bertz CT molecular complexity index is 798. The Morgan fingerprint density at radius 3 is 2.65 bits per heavy atom. The van der Waals surface area contributed by atoms with E-state index in [1.807, 2.05) is 18.2 Å². The van der Waals surface area contributed by atoms with Crippen molar-refractivity contribution in [2.45, 2.75) is 6.92 Å². The van der Waals surface area contributed by atoms with Gasteiger partial charge in [-0.15, -0.1) is 0 Å². The Morgan fingerprint density at radius 1 is 1.30 bits per heavy atom. The van der Waals surface area contributed by atoms with Crippen LogP contribution in [0.3, 0.4) is 0 Å². The van der Waals surface area contributed by atoms with Crippen molar-refractivity contribution < 1.29 is 9.21 Å². The molecule has 20 heavy (non-hydrogen) atoms. The Kier molecular flexibility index (Phi) is 3.08. The van der Waals surface area contributed by atoms with Crippen molar-refractivity contribution in [3.8, 4) is 17.3 Å². The van der Waals surface area contributed by atoms with Crippen LogP contribution in [0.1, 0.15) is 17.3 Å². The van der Waals surface area contributed by atoms with Gasteiger partial charge < -0.3 is 4.42 Å². The van der Waals surface area contributed by atoms with E-state index in [1.165, 1.54) is 6.92 Å². The summed E-state index contributed by atoms with van der Waals surface area (Å²) in [6.45, 7) is 1.53. The average Bonchev–Trinajstić information content (AvgIpc) is 3.07. The van der Waals surface area contributed by atoms with E-state index in [4.69, 9.17) is 16.6 Å². The molecule has 0 radical (unpaired) electrons. The molecule has 2 aromatic heterocycles. The maximum absolute atomic E-state index is 11.3. The molecule has 6 heteroatoms. The van der Waals surface area contributed by atoms with Gasteiger partial charge in [0, 0.05) is 5.56 Å². The number of carbonyl (C=O) groups excluding carboxylic acids is 1. The Labute approximate surface area is 119 Å². The Balaban J connectivity index is 2.13. The fraction of sp³-hybridized carbons (Fsp3) is 0.0714. The van der Waals surface area contributed by atoms with E-state index in [2.05, 4.69) is 10.2 Å². The minimum absolute atomic E-state index is 0.0265. The van der Waals surface area contributed by atoms with Crippen LogP contribution in [-0.4, -0.2) is 20.5 Å². The molecular formula is C14H11N3O2S. The highest BCUT2D eigenvalue weighted by molar-refractivity contribution is 7.71. The lowest BCUT2D eigenvalue weighted by atomic mass is 10.1. The number of Topliss-reactive ketones (excluding diaryl/α,β-unsaturated/α-hetero) is 1. The molecule has 1 N–H and O–H groups in total. The van der Waals surface area contributed by atoms with E-state index in [0.29, 0.717) is 21.9 Å². The summed E-state index contributed by atoms with van der Waals surface area (Å²) in [5.41, 5.74) is 1.48. The summed E-state index contributed by atoms with van der Waals surface area (Å²) >= 11 is 5.25. The number of nitrogens with zero attached hydrogens (tertiary/aromatic N) is 2. The summed E-state index contributed by atoms with van der Waals surface area (Å²) in [4.78, 5) is 11.3. The van der Waals surface area contributed by atoms with Gasteiger partial charge in [-0.05, 0) is 55.5 Å². The zero-order valence-corrected chi connectivity index (χ0v) is 11.5. The maximum Gasteiger partial charge on any atom is 0.202 e. The second kappa shape index (κ2) is 4.90. The normalized spacial score (nSPS) is 10.7. The first-order chi connectivity index (χ1) is 9.66. The number of ketones is 1. The first kappa shape index (κ1) is 12.6. The van der Waals surface area contributed by atoms with E-state index in [9.17, 15) is 4.79 Å². The molecule has 100 valence electrons. The molecular weight excluding hydrogens is 274 g/mol. The smallest absolute Gasteiger partial charge is 0.202 e. The monoisotopic (exact) mass is 285 g/mol. The van der Waals surface area contributed by atoms with Crippen LogP contribution in [0.2, 0.25) is 0 Å². The summed E-state index contributed by atoms with van der Waals surface area (Å²) in [6, 6.07) is 10.8. The summed E-state index contributed by atoms with van der Waals surface area (Å²) < 4.78 is 7.58. The molecule has 1 aromatic carbocycles. The van der Waals surface area contributed by atoms with Gasteiger partial charge in [0.1, 0.15) is 0 Å². The van der Waals surface area contributed by atoms with E-state index < -0.39 is 0 Å². The summed E-state index contributed by atoms with van der Waals surface area (Å²) in [7, 11) is 0. The van der Waals surface area contributed by atoms with E-state index in [-0.39, 0.29) is 5.78 Å². The van der Waals surface area contributed by atoms with Crippen molar-refractivity contribution in [3.05, 3.63) is 53.0 Å². The fourth-order valence-electron chi connectivity index (χ4n) is 1.95. The van der Waals surface area contributed by atoms with Gasteiger partial charge in [0.2, 0.25) is 5.82 Å². The van der Waals surface area contributed by atoms with Crippen LogP contribution in [-0.2, 0) is 0 Å². The van der Waals surface area contributed by atoms with Gasteiger partial charge in [0.15, 0.2) is 16.3 Å². The van der Waals surface area contributed by atoms with E-state index >= 15 is 0 Å². The van der Waals surface area contributed by atoms with Crippen molar-refractivity contribution in [1.29, 1.82) is 0 Å². The topological polar surface area (TPSA) is 63.8 Å². The van der Waals surface area contributed by atoms with Crippen molar-refractivity contribution >= 4 is 18.0 Å². The predicted octanol–water partition coefficient (Wildman–Crippen LogP) is 3.39. The van der Waals surface area contributed by atoms with Gasteiger partial charge in [0.05, 0.1) is 12.0 Å². The predicted molar refractivity (Wildman–Crippen MR) is 76.5 cm³/mol. The lowest BCUT2D eigenvalue weighted by Crippen LogP contribution is -1.98. The molecule has 0 bridgehead atoms. The molecule has 0 amide bonds. The molecule has 0 aliphatic rings. The minimum atomic E-state index is 0.0265. The standard InChI is InChI=1S/C14H11N3O2S/c1-9(18)10-4-6-11(7-5-10)17-13(15-16-14(17)20)12-3-2-8-19-12/h2-8H,1H3,(H,16,20). The van der Waals surface area contributed by atoms with Crippen LogP contribution in [0, 0.1) is 4.77 Å². The van der Waals surface area contributed by atoms with Crippen LogP contribution in [0.4, 0.5) is 0 Å². The summed E-state index contributed by atoms with van der Waals surface area (Å²) in [5, 5.41) is 6.93. The van der Waals surface area contributed by atoms with Gasteiger partial charge in [0.25, 0.3) is 0 Å². The molecule has 0 atom stereocenters. The average molecular weight is 285 g/mol. The largest absolute Gasteiger partial charge is 0.461 e. The van der Waals surface area contributed by atoms with Gasteiger partial charge >= 0.3 is 0 Å². The second-order valence-electron chi connectivity index (χ2n) is 4.27. The molecule has 0 aliphatic heterocycles. The third-order valence-electron chi connectivity index (χ3n) is 2.95. The van der Waals surface area contributed by atoms with Crippen molar-refractivity contribution in [2.75, 3.05) is 0 Å². The van der Waals surface area contributed by atoms with E-state index in [0.717, 1.165) is 5.69 Å². The van der Waals surface area contributed by atoms with Crippen molar-refractivity contribution in [2.24, 2.45) is 0 Å². The molecule has 0 aliphatic carbocycles. The number of rotatable bonds is 3. The molecule has 0 spiro atoms. The number of benzene rings is 1. The zero-order chi connectivity index (χ0) is 14.1. The lowest BCUT2D eigenvalue weighted by Gasteiger charge is -2.05. The number of H-pyrrole nitrogens is 1. The molecule has 3 aromatic rings. The van der Waals surface area contributed by atoms with Crippen molar-refractivity contribution in [3.63, 3.8) is 0 Å². The first-order valence-electron chi connectivity index (χ1n) is 5.99. The third kappa shape index (κ3) is 2.10. The first-order valence-corrected chi connectivity index (χ1v) is 6.40. The number of aromatic amines is 1. The van der Waals surface area contributed by atoms with Gasteiger partial charge in [-0.25, -0.2) is 0 Å². The molecule has 2 heterocycles. The van der Waals surface area contributed by atoms with Crippen LogP contribution in [0.25, 0.3) is 17.3 Å². The van der Waals surface area contributed by atoms with Crippen LogP contribution in [0.5, 0.6) is 0 Å². The quantitative estimate of drug-likeness (QED) is 0.592. The zero-order valence-electron chi connectivity index (χ0n) is 10.7. The Morgan fingerprint density at radius 2 is 2.05 bits per heavy atom. The Hall–Kier alpha value is -2.47. The highest BCUT2D eigenvalue weighted by atomic mass is 32.1. The molecule has 0 fully saturated rings. The van der Waals surface area contributed by atoms with Gasteiger partial charge in [-0.3, -0.25) is 14.5 Å². The minimum Gasteiger partial charge on any atom is -0.461 e. The lowest BCUT2D eigenvalue weighted by molar-refractivity contribution is 0.101. The fourth-order valence-corrected chi connectivity index (χ4v) is 2.19. The number of furan rings is 1. The van der Waals surface area contributed by atoms with Crippen LogP contribution >= 0.6 is 12.2 Å². The molecule has 0 saturated carbocycles. The van der Waals surface area contributed by atoms with Gasteiger partial charge in [-0.2, -0.15) is 5.10 Å². The third-order valence-corrected chi connectivity index (χ3v) is 3.22. The number of aromatic nitrogens is 3. The van der Waals surface area contributed by atoms with Crippen LogP contribution < -0.4 is 0 Å². The summed E-state index contributed by atoms with van der Waals surface area (Å²) in [6.07, 6.45) is 1.58. The number of hydrogen-bond donors (Lipinski definition) is 1. The van der Waals surface area contributed by atoms with Gasteiger partial charge in [-0.1, -0.05) is 0 Å². The molecule has 3 rings (SSSR count). The number of nitrogens with one attached hydrogen (secondary N) is 1. The maximum atomic E-state index is 11.3. The van der Waals surface area contributed by atoms with E-state index in [1.54, 1.807) is 29.0 Å². The molecule has 0 saturated heterocycles. The molecule has 0 unspecified atom stereocenters. The summed E-state index contributed by atoms with van der Waals surface area (Å²) in [5.74, 6) is 1.24. The highest BCUT2D eigenvalue weighted by Gasteiger charge is 2.13. The van der Waals surface area contributed by atoms with Crippen LogP contribution in [0.15, 0.2) is 47.1 Å². The highest BCUT2D eigenvalue weighted by Crippen LogP contribution is 2.22. The number of carbonyl (C=O) groups is 1. The SMILES string of the molecule is CC(=O)c1ccc(-n2c(-c3ccco3)n[nH]c2=S)cc1. The number of hydrogen-bond acceptors (Lipinski definition) is 4. The molecule has 5 nitrogen and oxygen atoms in total.